The molecule has 3 heteroatoms. The van der Waals surface area contributed by atoms with Gasteiger partial charge in [0.2, 0.25) is 0 Å². The molecule has 0 aliphatic rings. The van der Waals surface area contributed by atoms with Crippen LogP contribution in [0.15, 0.2) is 16.6 Å². The molecule has 0 saturated heterocycles. The molecular formula is C8H13NO2. The second-order valence-corrected chi connectivity index (χ2v) is 2.32. The minimum Gasteiger partial charge on any atom is -0.464 e. The Hall–Kier alpha value is -1.12. The van der Waals surface area contributed by atoms with Crippen molar-refractivity contribution in [3.8, 4) is 0 Å². The fourth-order valence-electron chi connectivity index (χ4n) is 0.593. The maximum absolute atomic E-state index is 10.9. The quantitative estimate of drug-likeness (QED) is 0.444. The average molecular weight is 155 g/mol. The summed E-state index contributed by atoms with van der Waals surface area (Å²) in [6, 6.07) is 0. The summed E-state index contributed by atoms with van der Waals surface area (Å²) in [5.41, 5.74) is 1.38. The van der Waals surface area contributed by atoms with Crippen molar-refractivity contribution in [3.05, 3.63) is 11.6 Å². The predicted octanol–water partition coefficient (Wildman–Crippen LogP) is 1.20. The third-order valence-corrected chi connectivity index (χ3v) is 1.06. The lowest BCUT2D eigenvalue weighted by molar-refractivity contribution is -0.132. The van der Waals surface area contributed by atoms with Gasteiger partial charge in [-0.3, -0.25) is 4.99 Å². The summed E-state index contributed by atoms with van der Waals surface area (Å²) in [5.74, 6) is -0.395. The predicted molar refractivity (Wildman–Crippen MR) is 44.8 cm³/mol. The number of hydrogen-bond donors (Lipinski definition) is 0. The number of hydrogen-bond acceptors (Lipinski definition) is 3. The Balaban J connectivity index is 4.45. The number of carbonyl (C=O) groups excluding carboxylic acids is 1. The van der Waals surface area contributed by atoms with Crippen LogP contribution in [0, 0.1) is 0 Å². The zero-order chi connectivity index (χ0) is 8.85. The highest BCUT2D eigenvalue weighted by molar-refractivity contribution is 6.41. The second kappa shape index (κ2) is 4.66. The summed E-state index contributed by atoms with van der Waals surface area (Å²) in [5, 5.41) is 0. The molecule has 0 radical (unpaired) electrons. The zero-order valence-corrected chi connectivity index (χ0v) is 7.34. The van der Waals surface area contributed by atoms with Gasteiger partial charge in [-0.05, 0) is 19.9 Å². The summed E-state index contributed by atoms with van der Waals surface area (Å²) >= 11 is 0. The molecule has 0 amide bonds. The first kappa shape index (κ1) is 9.88. The molecule has 62 valence electrons. The van der Waals surface area contributed by atoms with Crippen LogP contribution in [0.25, 0.3) is 0 Å². The van der Waals surface area contributed by atoms with Crippen molar-refractivity contribution in [3.63, 3.8) is 0 Å². The Morgan fingerprint density at radius 3 is 2.27 bits per heavy atom. The summed E-state index contributed by atoms with van der Waals surface area (Å²) in [4.78, 5) is 14.6. The van der Waals surface area contributed by atoms with E-state index in [1.54, 1.807) is 13.1 Å². The van der Waals surface area contributed by atoms with Gasteiger partial charge in [0, 0.05) is 7.05 Å². The second-order valence-electron chi connectivity index (χ2n) is 2.32. The van der Waals surface area contributed by atoms with Gasteiger partial charge in [0.05, 0.1) is 7.11 Å². The fourth-order valence-corrected chi connectivity index (χ4v) is 0.593. The largest absolute Gasteiger partial charge is 0.464 e. The van der Waals surface area contributed by atoms with Gasteiger partial charge in [-0.1, -0.05) is 5.57 Å². The molecule has 0 aliphatic carbocycles. The van der Waals surface area contributed by atoms with Crippen molar-refractivity contribution >= 4 is 11.7 Å². The Morgan fingerprint density at radius 1 is 1.45 bits per heavy atom. The molecule has 0 N–H and O–H groups in total. The number of ether oxygens (including phenoxy) is 1. The van der Waals surface area contributed by atoms with E-state index in [1.807, 2.05) is 13.8 Å². The minimum absolute atomic E-state index is 0.354. The standard InChI is InChI=1S/C8H13NO2/c1-6(2)5-7(9-3)8(10)11-4/h5H,1-4H3. The van der Waals surface area contributed by atoms with E-state index in [9.17, 15) is 4.79 Å². The number of methoxy groups -OCH3 is 1. The number of aliphatic imine (C=N–C) groups is 1. The van der Waals surface area contributed by atoms with E-state index in [0.29, 0.717) is 5.71 Å². The number of nitrogens with zero attached hydrogens (tertiary/aromatic N) is 1. The van der Waals surface area contributed by atoms with Crippen molar-refractivity contribution in [2.75, 3.05) is 14.2 Å². The van der Waals surface area contributed by atoms with Crippen molar-refractivity contribution in [1.29, 1.82) is 0 Å². The van der Waals surface area contributed by atoms with Crippen LogP contribution in [0.2, 0.25) is 0 Å². The molecule has 3 nitrogen and oxygen atoms in total. The van der Waals surface area contributed by atoms with Crippen molar-refractivity contribution in [2.24, 2.45) is 4.99 Å². The molecule has 0 unspecified atom stereocenters. The van der Waals surface area contributed by atoms with Crippen molar-refractivity contribution in [1.82, 2.24) is 0 Å². The molecule has 0 spiro atoms. The number of carbonyl (C=O) groups is 1. The van der Waals surface area contributed by atoms with Gasteiger partial charge in [-0.2, -0.15) is 0 Å². The number of esters is 1. The molecule has 0 rings (SSSR count). The van der Waals surface area contributed by atoms with E-state index in [2.05, 4.69) is 9.73 Å². The first-order valence-electron chi connectivity index (χ1n) is 3.31. The summed E-state index contributed by atoms with van der Waals surface area (Å²) < 4.78 is 4.49. The van der Waals surface area contributed by atoms with Gasteiger partial charge in [-0.25, -0.2) is 4.79 Å². The summed E-state index contributed by atoms with van der Waals surface area (Å²) in [7, 11) is 2.90. The molecule has 0 saturated carbocycles. The number of rotatable bonds is 2. The van der Waals surface area contributed by atoms with E-state index < -0.39 is 5.97 Å². The Kier molecular flexibility index (Phi) is 4.18. The maximum atomic E-state index is 10.9. The highest BCUT2D eigenvalue weighted by Crippen LogP contribution is 1.92. The topological polar surface area (TPSA) is 38.7 Å². The van der Waals surface area contributed by atoms with Crippen LogP contribution in [0.5, 0.6) is 0 Å². The van der Waals surface area contributed by atoms with Crippen LogP contribution in [-0.4, -0.2) is 25.8 Å². The molecule has 0 atom stereocenters. The lowest BCUT2D eigenvalue weighted by atomic mass is 10.2. The highest BCUT2D eigenvalue weighted by atomic mass is 16.5. The van der Waals surface area contributed by atoms with Gasteiger partial charge in [0.1, 0.15) is 5.71 Å². The average Bonchev–Trinajstić information content (AvgIpc) is 1.98. The normalized spacial score (nSPS) is 10.7. The van der Waals surface area contributed by atoms with E-state index in [4.69, 9.17) is 0 Å². The van der Waals surface area contributed by atoms with Gasteiger partial charge >= 0.3 is 5.97 Å². The molecule has 0 aromatic heterocycles. The minimum atomic E-state index is -0.395. The zero-order valence-electron chi connectivity index (χ0n) is 7.34. The first-order chi connectivity index (χ1) is 5.11. The first-order valence-corrected chi connectivity index (χ1v) is 3.31. The third-order valence-electron chi connectivity index (χ3n) is 1.06. The lowest BCUT2D eigenvalue weighted by Gasteiger charge is -1.97. The molecule has 11 heavy (non-hydrogen) atoms. The molecule has 0 fully saturated rings. The maximum Gasteiger partial charge on any atom is 0.356 e. The van der Waals surface area contributed by atoms with Gasteiger partial charge in [-0.15, -0.1) is 0 Å². The molecular weight excluding hydrogens is 142 g/mol. The van der Waals surface area contributed by atoms with E-state index >= 15 is 0 Å². The van der Waals surface area contributed by atoms with Crippen LogP contribution < -0.4 is 0 Å². The SMILES string of the molecule is CN=C(C=C(C)C)C(=O)OC. The fraction of sp³-hybridized carbons (Fsp3) is 0.500. The molecule has 0 aromatic rings. The Labute approximate surface area is 66.8 Å². The summed E-state index contributed by atoms with van der Waals surface area (Å²) in [6.07, 6.45) is 1.69. The van der Waals surface area contributed by atoms with Crippen LogP contribution >= 0.6 is 0 Å². The van der Waals surface area contributed by atoms with Gasteiger partial charge < -0.3 is 4.74 Å². The third kappa shape index (κ3) is 3.55. The van der Waals surface area contributed by atoms with E-state index in [1.165, 1.54) is 7.11 Å². The molecule has 0 aliphatic heterocycles. The van der Waals surface area contributed by atoms with Crippen LogP contribution in [0.3, 0.4) is 0 Å². The monoisotopic (exact) mass is 155 g/mol. The molecule has 0 aromatic carbocycles. The molecule has 0 bridgehead atoms. The van der Waals surface area contributed by atoms with Gasteiger partial charge in [0.25, 0.3) is 0 Å². The van der Waals surface area contributed by atoms with Crippen LogP contribution in [0.4, 0.5) is 0 Å². The van der Waals surface area contributed by atoms with Crippen LogP contribution in [0.1, 0.15) is 13.8 Å². The highest BCUT2D eigenvalue weighted by Gasteiger charge is 2.05. The molecule has 0 heterocycles. The number of allylic oxidation sites excluding steroid dienone is 1. The Bertz CT molecular complexity index is 200. The van der Waals surface area contributed by atoms with Crippen LogP contribution in [-0.2, 0) is 9.53 Å². The van der Waals surface area contributed by atoms with Gasteiger partial charge in [0.15, 0.2) is 0 Å². The Morgan fingerprint density at radius 2 is 2.00 bits per heavy atom. The van der Waals surface area contributed by atoms with Crippen molar-refractivity contribution < 1.29 is 9.53 Å². The van der Waals surface area contributed by atoms with Crippen molar-refractivity contribution in [2.45, 2.75) is 13.8 Å². The smallest absolute Gasteiger partial charge is 0.356 e. The summed E-state index contributed by atoms with van der Waals surface area (Å²) in [6.45, 7) is 3.79. The van der Waals surface area contributed by atoms with E-state index in [-0.39, 0.29) is 0 Å². The lowest BCUT2D eigenvalue weighted by Crippen LogP contribution is -2.13. The van der Waals surface area contributed by atoms with E-state index in [0.717, 1.165) is 5.57 Å².